The normalized spacial score (nSPS) is 10.8. The van der Waals surface area contributed by atoms with E-state index in [-0.39, 0.29) is 0 Å². The Bertz CT molecular complexity index is 319. The molecule has 19 heavy (non-hydrogen) atoms. The summed E-state index contributed by atoms with van der Waals surface area (Å²) in [7, 11) is 3.67. The van der Waals surface area contributed by atoms with E-state index in [1.54, 1.807) is 0 Å². The Balaban J connectivity index is 1.90. The van der Waals surface area contributed by atoms with Crippen molar-refractivity contribution >= 4 is 15.4 Å². The molecule has 0 aliphatic rings. The van der Waals surface area contributed by atoms with E-state index in [4.69, 9.17) is 0 Å². The molecule has 3 radical (unpaired) electrons. The highest BCUT2D eigenvalue weighted by molar-refractivity contribution is 6.33. The molecule has 0 aliphatic heterocycles. The smallest absolute Gasteiger partial charge is 0.0654 e. The topological polar surface area (TPSA) is 0 Å². The van der Waals surface area contributed by atoms with Crippen LogP contribution < -0.4 is 5.19 Å². The van der Waals surface area contributed by atoms with Crippen molar-refractivity contribution < 1.29 is 0 Å². The fourth-order valence-electron chi connectivity index (χ4n) is 2.54. The number of unbranched alkanes of at least 4 members (excludes halogenated alkanes) is 9. The van der Waals surface area contributed by atoms with E-state index in [0.717, 1.165) is 0 Å². The monoisotopic (exact) mass is 273 g/mol. The highest BCUT2D eigenvalue weighted by Gasteiger charge is 1.97. The van der Waals surface area contributed by atoms with Gasteiger partial charge in [-0.1, -0.05) is 94.2 Å². The minimum Gasteiger partial charge on any atom is -0.0654 e. The van der Waals surface area contributed by atoms with Crippen LogP contribution in [0.25, 0.3) is 0 Å². The summed E-state index contributed by atoms with van der Waals surface area (Å²) in [5.41, 5.74) is 1.46. The molecule has 0 atom stereocenters. The lowest BCUT2D eigenvalue weighted by molar-refractivity contribution is 0.556. The summed E-state index contributed by atoms with van der Waals surface area (Å²) in [5.74, 6) is 0. The van der Waals surface area contributed by atoms with Gasteiger partial charge in [-0.15, -0.1) is 0 Å². The fraction of sp³-hybridized carbons (Fsp3) is 0.667. The molecule has 1 aromatic carbocycles. The highest BCUT2D eigenvalue weighted by Crippen LogP contribution is 2.11. The molecular weight excluding hydrogens is 244 g/mol. The number of hydrogen-bond donors (Lipinski definition) is 0. The van der Waals surface area contributed by atoms with Gasteiger partial charge in [0.1, 0.15) is 0 Å². The SMILES string of the molecule is CCCCCCCCCCCCc1ccccc1[Si]. The molecule has 0 unspecified atom stereocenters. The third kappa shape index (κ3) is 8.25. The predicted molar refractivity (Wildman–Crippen MR) is 87.4 cm³/mol. The summed E-state index contributed by atoms with van der Waals surface area (Å²) in [6, 6.07) is 8.60. The van der Waals surface area contributed by atoms with E-state index in [1.165, 1.54) is 81.4 Å². The van der Waals surface area contributed by atoms with Gasteiger partial charge in [0.05, 0.1) is 10.2 Å². The number of aryl methyl sites for hydroxylation is 1. The van der Waals surface area contributed by atoms with Gasteiger partial charge in [-0.3, -0.25) is 0 Å². The van der Waals surface area contributed by atoms with Crippen molar-refractivity contribution in [1.29, 1.82) is 0 Å². The van der Waals surface area contributed by atoms with Gasteiger partial charge in [-0.25, -0.2) is 0 Å². The molecule has 0 aromatic heterocycles. The summed E-state index contributed by atoms with van der Waals surface area (Å²) in [6.45, 7) is 2.28. The first kappa shape index (κ1) is 16.5. The van der Waals surface area contributed by atoms with Crippen molar-refractivity contribution in [2.24, 2.45) is 0 Å². The molecule has 0 fully saturated rings. The van der Waals surface area contributed by atoms with Crippen LogP contribution in [0.15, 0.2) is 24.3 Å². The van der Waals surface area contributed by atoms with Crippen LogP contribution in [-0.2, 0) is 6.42 Å². The average Bonchev–Trinajstić information content (AvgIpc) is 2.43. The maximum atomic E-state index is 3.67. The van der Waals surface area contributed by atoms with E-state index < -0.39 is 0 Å². The lowest BCUT2D eigenvalue weighted by atomic mass is 10.0. The maximum Gasteiger partial charge on any atom is 0.0715 e. The quantitative estimate of drug-likeness (QED) is 0.395. The second kappa shape index (κ2) is 11.3. The van der Waals surface area contributed by atoms with E-state index in [0.29, 0.717) is 0 Å². The van der Waals surface area contributed by atoms with Gasteiger partial charge in [0.2, 0.25) is 0 Å². The molecule has 0 saturated heterocycles. The van der Waals surface area contributed by atoms with E-state index in [9.17, 15) is 0 Å². The van der Waals surface area contributed by atoms with Crippen LogP contribution in [-0.4, -0.2) is 10.2 Å². The standard InChI is InChI=1S/C18H29Si/c1-2-3-4-5-6-7-8-9-10-11-14-17-15-12-13-16-18(17)19/h12-13,15-16H,2-11,14H2,1H3. The summed E-state index contributed by atoms with van der Waals surface area (Å²) >= 11 is 0. The molecule has 1 aromatic rings. The largest absolute Gasteiger partial charge is 0.0715 e. The lowest BCUT2D eigenvalue weighted by Crippen LogP contribution is -2.09. The van der Waals surface area contributed by atoms with Gasteiger partial charge in [0.25, 0.3) is 0 Å². The molecule has 0 saturated carbocycles. The third-order valence-electron chi connectivity index (χ3n) is 3.82. The van der Waals surface area contributed by atoms with Gasteiger partial charge >= 0.3 is 0 Å². The van der Waals surface area contributed by atoms with Gasteiger partial charge in [0.15, 0.2) is 0 Å². The minimum atomic E-state index is 1.22. The zero-order valence-corrected chi connectivity index (χ0v) is 13.6. The van der Waals surface area contributed by atoms with Crippen LogP contribution >= 0.6 is 0 Å². The molecule has 0 heterocycles. The second-order valence-electron chi connectivity index (χ2n) is 5.59. The molecule has 0 spiro atoms. The molecule has 0 nitrogen and oxygen atoms in total. The Morgan fingerprint density at radius 2 is 1.26 bits per heavy atom. The van der Waals surface area contributed by atoms with Crippen molar-refractivity contribution in [3.05, 3.63) is 29.8 Å². The predicted octanol–water partition coefficient (Wildman–Crippen LogP) is 4.94. The number of rotatable bonds is 11. The lowest BCUT2D eigenvalue weighted by Gasteiger charge is -2.05. The Kier molecular flexibility index (Phi) is 9.79. The Hall–Kier alpha value is -0.563. The third-order valence-corrected chi connectivity index (χ3v) is 4.30. The molecule has 1 heteroatoms. The first-order valence-corrected chi connectivity index (χ1v) is 8.64. The van der Waals surface area contributed by atoms with Crippen LogP contribution in [0.2, 0.25) is 0 Å². The molecule has 1 rings (SSSR count). The van der Waals surface area contributed by atoms with E-state index in [2.05, 4.69) is 41.4 Å². The van der Waals surface area contributed by atoms with E-state index >= 15 is 0 Å². The van der Waals surface area contributed by atoms with Crippen molar-refractivity contribution in [2.45, 2.75) is 77.6 Å². The Morgan fingerprint density at radius 1 is 0.737 bits per heavy atom. The Labute approximate surface area is 123 Å². The number of hydrogen-bond acceptors (Lipinski definition) is 0. The van der Waals surface area contributed by atoms with Gasteiger partial charge in [-0.2, -0.15) is 0 Å². The van der Waals surface area contributed by atoms with Crippen molar-refractivity contribution in [1.82, 2.24) is 0 Å². The van der Waals surface area contributed by atoms with Crippen molar-refractivity contribution in [3.8, 4) is 0 Å². The summed E-state index contributed by atoms with van der Waals surface area (Å²) in [4.78, 5) is 0. The van der Waals surface area contributed by atoms with E-state index in [1.807, 2.05) is 0 Å². The van der Waals surface area contributed by atoms with Gasteiger partial charge in [-0.05, 0) is 18.4 Å². The van der Waals surface area contributed by atoms with Crippen LogP contribution in [0.4, 0.5) is 0 Å². The molecular formula is C18H29Si. The minimum absolute atomic E-state index is 1.22. The molecule has 0 bridgehead atoms. The first-order chi connectivity index (χ1) is 9.34. The summed E-state index contributed by atoms with van der Waals surface area (Å²) < 4.78 is 0. The molecule has 105 valence electrons. The zero-order chi connectivity index (χ0) is 13.8. The maximum absolute atomic E-state index is 3.67. The summed E-state index contributed by atoms with van der Waals surface area (Å²) in [6.07, 6.45) is 15.3. The van der Waals surface area contributed by atoms with Crippen LogP contribution in [0.5, 0.6) is 0 Å². The first-order valence-electron chi connectivity index (χ1n) is 8.14. The molecule has 0 amide bonds. The molecule has 0 aliphatic carbocycles. The van der Waals surface area contributed by atoms with Crippen molar-refractivity contribution in [3.63, 3.8) is 0 Å². The molecule has 0 N–H and O–H groups in total. The van der Waals surface area contributed by atoms with Crippen LogP contribution in [0, 0.1) is 0 Å². The highest BCUT2D eigenvalue weighted by atomic mass is 28.1. The zero-order valence-electron chi connectivity index (χ0n) is 12.6. The Morgan fingerprint density at radius 3 is 1.84 bits per heavy atom. The van der Waals surface area contributed by atoms with Crippen molar-refractivity contribution in [2.75, 3.05) is 0 Å². The van der Waals surface area contributed by atoms with Crippen LogP contribution in [0.1, 0.15) is 76.7 Å². The fourth-order valence-corrected chi connectivity index (χ4v) is 2.85. The number of benzene rings is 1. The second-order valence-corrected chi connectivity index (χ2v) is 6.13. The average molecular weight is 274 g/mol. The van der Waals surface area contributed by atoms with Crippen LogP contribution in [0.3, 0.4) is 0 Å². The summed E-state index contributed by atoms with van der Waals surface area (Å²) in [5, 5.41) is 1.26. The van der Waals surface area contributed by atoms with Gasteiger partial charge in [0, 0.05) is 0 Å². The van der Waals surface area contributed by atoms with Gasteiger partial charge < -0.3 is 0 Å².